The Bertz CT molecular complexity index is 1410. The average Bonchev–Trinajstić information content (AvgIpc) is 3.41. The highest BCUT2D eigenvalue weighted by molar-refractivity contribution is 7.45. The first kappa shape index (κ1) is 76.5. The van der Waals surface area contributed by atoms with Crippen molar-refractivity contribution in [2.45, 2.75) is 347 Å². The van der Waals surface area contributed by atoms with Gasteiger partial charge in [-0.3, -0.25) is 9.36 Å². The zero-order chi connectivity index (χ0) is 57.0. The number of aliphatic hydroxyl groups excluding tert-OH is 1. The summed E-state index contributed by atoms with van der Waals surface area (Å²) in [7, 11) is 1.25. The molecule has 3 unspecified atom stereocenters. The molecule has 0 rings (SSSR count). The van der Waals surface area contributed by atoms with Crippen LogP contribution in [0.2, 0.25) is 0 Å². The van der Waals surface area contributed by atoms with E-state index in [2.05, 4.69) is 55.6 Å². The minimum absolute atomic E-state index is 0.00852. The summed E-state index contributed by atoms with van der Waals surface area (Å²) in [6.45, 7) is 4.67. The van der Waals surface area contributed by atoms with Crippen LogP contribution in [-0.4, -0.2) is 68.5 Å². The quantitative estimate of drug-likeness (QED) is 0.0272. The van der Waals surface area contributed by atoms with Crippen LogP contribution in [0.15, 0.2) is 48.6 Å². The molecule has 0 spiro atoms. The number of carbonyl (C=O) groups is 1. The third-order valence-electron chi connectivity index (χ3n) is 15.5. The van der Waals surface area contributed by atoms with Gasteiger partial charge in [0.25, 0.3) is 7.82 Å². The number of rotatable bonds is 63. The largest absolute Gasteiger partial charge is 0.756 e. The molecule has 0 saturated carbocycles. The number of phosphoric ester groups is 1. The van der Waals surface area contributed by atoms with E-state index in [0.717, 1.165) is 44.9 Å². The van der Waals surface area contributed by atoms with Gasteiger partial charge in [0.15, 0.2) is 0 Å². The van der Waals surface area contributed by atoms with Crippen molar-refractivity contribution in [3.05, 3.63) is 48.6 Å². The molecule has 8 nitrogen and oxygen atoms in total. The number of allylic oxidation sites excluding steroid dienone is 7. The van der Waals surface area contributed by atoms with Crippen molar-refractivity contribution in [3.63, 3.8) is 0 Å². The Hall–Kier alpha value is -1.54. The third kappa shape index (κ3) is 62.1. The maximum absolute atomic E-state index is 13.0. The Morgan fingerprint density at radius 2 is 0.718 bits per heavy atom. The van der Waals surface area contributed by atoms with E-state index in [4.69, 9.17) is 9.05 Å². The van der Waals surface area contributed by atoms with Crippen molar-refractivity contribution in [1.29, 1.82) is 0 Å². The number of hydrogen-bond acceptors (Lipinski definition) is 6. The van der Waals surface area contributed by atoms with Crippen LogP contribution in [0.3, 0.4) is 0 Å². The minimum atomic E-state index is -4.61. The van der Waals surface area contributed by atoms with Crippen molar-refractivity contribution < 1.29 is 32.9 Å². The maximum Gasteiger partial charge on any atom is 0.268 e. The Kier molecular flexibility index (Phi) is 58.9. The lowest BCUT2D eigenvalue weighted by molar-refractivity contribution is -0.870. The predicted molar refractivity (Wildman–Crippen MR) is 339 cm³/mol. The van der Waals surface area contributed by atoms with Crippen LogP contribution < -0.4 is 10.2 Å². The fourth-order valence-corrected chi connectivity index (χ4v) is 10.9. The summed E-state index contributed by atoms with van der Waals surface area (Å²) in [6, 6.07) is -0.911. The highest BCUT2D eigenvalue weighted by Gasteiger charge is 2.23. The standard InChI is InChI=1S/C69H133N2O6P/c1-6-8-10-12-14-16-18-20-22-24-26-28-30-32-34-35-37-38-40-42-44-46-48-50-52-54-56-58-60-62-68(72)67(66-77-78(74,75)76-65-64-71(3,4)5)70-69(73)63-61-59-57-55-53-51-49-47-45-43-41-39-36-33-31-29-27-25-23-21-19-17-15-13-11-9-7-2/h25,27,44,46,52,54,60,62,67-68,72H,6-24,26,28-43,45,47-51,53,55-59,61,63-66H2,1-5H3,(H-,70,73,74,75)/b27-25-,46-44+,54-52+,62-60+. The van der Waals surface area contributed by atoms with Gasteiger partial charge < -0.3 is 28.8 Å². The van der Waals surface area contributed by atoms with Crippen molar-refractivity contribution in [1.82, 2.24) is 5.32 Å². The number of nitrogens with one attached hydrogen (secondary N) is 1. The van der Waals surface area contributed by atoms with Gasteiger partial charge in [0, 0.05) is 6.42 Å². The molecular formula is C69H133N2O6P. The predicted octanol–water partition coefficient (Wildman–Crippen LogP) is 20.8. The molecule has 0 saturated heterocycles. The summed E-state index contributed by atoms with van der Waals surface area (Å²) in [4.78, 5) is 25.6. The first-order valence-corrected chi connectivity index (χ1v) is 35.5. The van der Waals surface area contributed by atoms with Crippen molar-refractivity contribution in [2.24, 2.45) is 0 Å². The molecule has 460 valence electrons. The summed E-state index contributed by atoms with van der Waals surface area (Å²) in [5, 5.41) is 13.9. The van der Waals surface area contributed by atoms with E-state index in [0.29, 0.717) is 17.4 Å². The second-order valence-electron chi connectivity index (χ2n) is 24.5. The average molecular weight is 1120 g/mol. The molecule has 0 aromatic rings. The SMILES string of the molecule is CCCCCCCCCC/C=C\CCCCCCCCCCCCCCCCCC(=O)NC(COP(=O)([O-])OCC[N+](C)(C)C)C(O)/C=C/CC/C=C/CC/C=C/CCCCCCCCCCCCCCCCCCCCC. The monoisotopic (exact) mass is 1120 g/mol. The molecule has 0 bridgehead atoms. The van der Waals surface area contributed by atoms with Gasteiger partial charge in [-0.15, -0.1) is 0 Å². The van der Waals surface area contributed by atoms with E-state index in [1.165, 1.54) is 270 Å². The van der Waals surface area contributed by atoms with Crippen LogP contribution in [0.4, 0.5) is 0 Å². The highest BCUT2D eigenvalue weighted by atomic mass is 31.2. The lowest BCUT2D eigenvalue weighted by Gasteiger charge is -2.29. The van der Waals surface area contributed by atoms with Gasteiger partial charge in [0.2, 0.25) is 5.91 Å². The molecule has 0 radical (unpaired) electrons. The Morgan fingerprint density at radius 3 is 1.04 bits per heavy atom. The molecule has 0 aliphatic carbocycles. The summed E-state index contributed by atoms with van der Waals surface area (Å²) >= 11 is 0. The lowest BCUT2D eigenvalue weighted by atomic mass is 10.0. The third-order valence-corrected chi connectivity index (χ3v) is 16.5. The molecule has 0 aliphatic rings. The van der Waals surface area contributed by atoms with E-state index in [1.54, 1.807) is 6.08 Å². The number of hydrogen-bond donors (Lipinski definition) is 2. The summed E-state index contributed by atoms with van der Waals surface area (Å²) in [6.07, 6.45) is 80.9. The van der Waals surface area contributed by atoms with Gasteiger partial charge in [0.1, 0.15) is 13.2 Å². The second kappa shape index (κ2) is 60.1. The molecule has 3 atom stereocenters. The fourth-order valence-electron chi connectivity index (χ4n) is 10.2. The van der Waals surface area contributed by atoms with E-state index in [9.17, 15) is 19.4 Å². The van der Waals surface area contributed by atoms with E-state index < -0.39 is 26.6 Å². The van der Waals surface area contributed by atoms with Crippen molar-refractivity contribution >= 4 is 13.7 Å². The molecule has 2 N–H and O–H groups in total. The molecule has 0 aromatic carbocycles. The van der Waals surface area contributed by atoms with E-state index in [1.807, 2.05) is 27.2 Å². The van der Waals surface area contributed by atoms with Crippen LogP contribution >= 0.6 is 7.82 Å². The number of likely N-dealkylation sites (N-methyl/N-ethyl adjacent to an activating group) is 1. The molecule has 1 amide bonds. The number of nitrogens with zero attached hydrogens (tertiary/aromatic N) is 1. The van der Waals surface area contributed by atoms with Gasteiger partial charge in [-0.05, 0) is 70.6 Å². The number of unbranched alkanes of at least 4 members (excludes halogenated alkanes) is 44. The number of carbonyl (C=O) groups excluding carboxylic acids is 1. The molecule has 0 heterocycles. The molecule has 0 fully saturated rings. The molecular weight excluding hydrogens is 984 g/mol. The van der Waals surface area contributed by atoms with Crippen LogP contribution in [-0.2, 0) is 18.4 Å². The van der Waals surface area contributed by atoms with Crippen LogP contribution in [0.5, 0.6) is 0 Å². The first-order chi connectivity index (χ1) is 38.0. The number of quaternary nitrogens is 1. The van der Waals surface area contributed by atoms with E-state index in [-0.39, 0.29) is 12.5 Å². The lowest BCUT2D eigenvalue weighted by Crippen LogP contribution is -2.45. The van der Waals surface area contributed by atoms with Crippen molar-refractivity contribution in [2.75, 3.05) is 40.9 Å². The smallest absolute Gasteiger partial charge is 0.268 e. The fraction of sp³-hybridized carbons (Fsp3) is 0.870. The number of phosphoric acid groups is 1. The van der Waals surface area contributed by atoms with Crippen LogP contribution in [0.1, 0.15) is 335 Å². The van der Waals surface area contributed by atoms with E-state index >= 15 is 0 Å². The van der Waals surface area contributed by atoms with Crippen LogP contribution in [0.25, 0.3) is 0 Å². The summed E-state index contributed by atoms with van der Waals surface area (Å²) in [5.74, 6) is -0.206. The highest BCUT2D eigenvalue weighted by Crippen LogP contribution is 2.38. The van der Waals surface area contributed by atoms with Gasteiger partial charge in [-0.2, -0.15) is 0 Å². The van der Waals surface area contributed by atoms with Gasteiger partial charge >= 0.3 is 0 Å². The van der Waals surface area contributed by atoms with Gasteiger partial charge in [0.05, 0.1) is 39.9 Å². The zero-order valence-electron chi connectivity index (χ0n) is 52.6. The maximum atomic E-state index is 13.0. The normalized spacial score (nSPS) is 14.0. The minimum Gasteiger partial charge on any atom is -0.756 e. The van der Waals surface area contributed by atoms with Gasteiger partial charge in [-0.1, -0.05) is 306 Å². The number of aliphatic hydroxyl groups is 1. The summed E-state index contributed by atoms with van der Waals surface area (Å²) < 4.78 is 23.4. The zero-order valence-corrected chi connectivity index (χ0v) is 53.5. The summed E-state index contributed by atoms with van der Waals surface area (Å²) in [5.41, 5.74) is 0. The second-order valence-corrected chi connectivity index (χ2v) is 25.9. The molecule has 9 heteroatoms. The topological polar surface area (TPSA) is 108 Å². The molecule has 0 aromatic heterocycles. The molecule has 0 aliphatic heterocycles. The Morgan fingerprint density at radius 1 is 0.436 bits per heavy atom. The van der Waals surface area contributed by atoms with Gasteiger partial charge in [-0.25, -0.2) is 0 Å². The van der Waals surface area contributed by atoms with Crippen LogP contribution in [0, 0.1) is 0 Å². The Labute approximate surface area is 486 Å². The van der Waals surface area contributed by atoms with Crippen molar-refractivity contribution in [3.8, 4) is 0 Å². The first-order valence-electron chi connectivity index (χ1n) is 34.0. The number of amides is 1. The Balaban J connectivity index is 4.15. The molecule has 78 heavy (non-hydrogen) atoms.